The number of nitrogens with one attached hydrogen (secondary N) is 4. The number of aromatic nitrogens is 12. The molecule has 692 valence electrons. The number of benzene rings is 4. The number of pyridine rings is 8. The molecule has 3 saturated heterocycles. The molecule has 0 aliphatic carbocycles. The highest BCUT2D eigenvalue weighted by molar-refractivity contribution is 6.04. The van der Waals surface area contributed by atoms with E-state index in [0.717, 1.165) is 192 Å². The minimum atomic E-state index is -0.244. The van der Waals surface area contributed by atoms with Crippen molar-refractivity contribution in [3.8, 4) is 89.5 Å². The second-order valence-electron chi connectivity index (χ2n) is 34.3. The topological polar surface area (TPSA) is 263 Å². The molecular weight excluding hydrogens is 1710 g/mol. The van der Waals surface area contributed by atoms with E-state index in [2.05, 4.69) is 88.2 Å². The van der Waals surface area contributed by atoms with E-state index in [1.807, 2.05) is 141 Å². The van der Waals surface area contributed by atoms with E-state index in [-0.39, 0.29) is 46.9 Å². The second-order valence-corrected chi connectivity index (χ2v) is 34.3. The van der Waals surface area contributed by atoms with E-state index < -0.39 is 0 Å². The lowest BCUT2D eigenvalue weighted by Crippen LogP contribution is -2.45. The van der Waals surface area contributed by atoms with Crippen LogP contribution in [-0.2, 0) is 4.74 Å². The fraction of sp³-hybridized carbons (Fsp3) is 0.276. The maximum Gasteiger partial charge on any atom is 0.255 e. The third kappa shape index (κ3) is 22.9. The average molecular weight is 1820 g/mol. The van der Waals surface area contributed by atoms with Crippen molar-refractivity contribution < 1.29 is 41.5 Å². The van der Waals surface area contributed by atoms with Crippen LogP contribution >= 0.6 is 0 Å². The molecule has 12 aromatic heterocycles. The Labute approximate surface area is 781 Å². The monoisotopic (exact) mass is 1820 g/mol. The highest BCUT2D eigenvalue weighted by atomic mass is 19.1. The van der Waals surface area contributed by atoms with Gasteiger partial charge >= 0.3 is 0 Å². The molecule has 3 aliphatic heterocycles. The van der Waals surface area contributed by atoms with E-state index in [0.29, 0.717) is 81.7 Å². The molecule has 0 atom stereocenters. The molecule has 0 unspecified atom stereocenters. The van der Waals surface area contributed by atoms with Crippen molar-refractivity contribution in [2.24, 2.45) is 0 Å². The first-order valence-electron chi connectivity index (χ1n) is 45.6. The van der Waals surface area contributed by atoms with Gasteiger partial charge in [0.1, 0.15) is 23.3 Å². The number of likely N-dealkylation sites (tertiary alicyclic amines) is 1. The number of piperazine rings is 1. The smallest absolute Gasteiger partial charge is 0.255 e. The number of fused-ring (bicyclic) bond motifs is 4. The molecule has 0 radical (unpaired) electrons. The highest BCUT2D eigenvalue weighted by Gasteiger charge is 2.25. The molecule has 0 bridgehead atoms. The van der Waals surface area contributed by atoms with Crippen LogP contribution in [0.25, 0.3) is 112 Å². The van der Waals surface area contributed by atoms with Crippen LogP contribution in [0.3, 0.4) is 0 Å². The Morgan fingerprint density at radius 1 is 0.348 bits per heavy atom. The van der Waals surface area contributed by atoms with Crippen molar-refractivity contribution in [3.63, 3.8) is 0 Å². The van der Waals surface area contributed by atoms with Crippen molar-refractivity contribution in [2.75, 3.05) is 139 Å². The van der Waals surface area contributed by atoms with Crippen LogP contribution in [0.4, 0.5) is 17.6 Å². The van der Waals surface area contributed by atoms with Crippen LogP contribution in [0.1, 0.15) is 89.4 Å². The Bertz CT molecular complexity index is 6910. The van der Waals surface area contributed by atoms with E-state index in [1.54, 1.807) is 144 Å². The van der Waals surface area contributed by atoms with Crippen LogP contribution in [0, 0.1) is 51.0 Å². The molecule has 3 fully saturated rings. The van der Waals surface area contributed by atoms with Crippen molar-refractivity contribution in [3.05, 3.63) is 312 Å². The summed E-state index contributed by atoms with van der Waals surface area (Å²) in [5.74, 6) is -1.52. The number of nitrogens with zero attached hydrogens (tertiary/aromatic N) is 17. The van der Waals surface area contributed by atoms with Crippen LogP contribution in [-0.4, -0.2) is 246 Å². The molecule has 4 N–H and O–H groups in total. The van der Waals surface area contributed by atoms with Gasteiger partial charge in [-0.15, -0.1) is 0 Å². The number of ether oxygens (including phenoxy) is 1. The number of rotatable bonds is 26. The van der Waals surface area contributed by atoms with E-state index in [1.165, 1.54) is 50.2 Å². The minimum Gasteiger partial charge on any atom is -0.379 e. The molecule has 26 nitrogen and oxygen atoms in total. The molecule has 16 aromatic rings. The summed E-state index contributed by atoms with van der Waals surface area (Å²) in [4.78, 5) is 81.3. The fourth-order valence-electron chi connectivity index (χ4n) is 16.9. The number of morpholine rings is 1. The van der Waals surface area contributed by atoms with Gasteiger partial charge in [-0.2, -0.15) is 20.4 Å². The number of hydrogen-bond acceptors (Lipinski definition) is 18. The number of hydrogen-bond donors (Lipinski definition) is 4. The van der Waals surface area contributed by atoms with Crippen LogP contribution in [0.15, 0.2) is 244 Å². The largest absolute Gasteiger partial charge is 0.379 e. The first-order valence-corrected chi connectivity index (χ1v) is 45.6. The first-order chi connectivity index (χ1) is 65.6. The third-order valence-electron chi connectivity index (χ3n) is 24.6. The molecule has 30 heteroatoms. The molecule has 3 aliphatic rings. The van der Waals surface area contributed by atoms with E-state index in [9.17, 15) is 36.7 Å². The second kappa shape index (κ2) is 44.0. The van der Waals surface area contributed by atoms with Gasteiger partial charge in [-0.1, -0.05) is 24.3 Å². The molecule has 0 saturated carbocycles. The maximum atomic E-state index is 13.8. The fourth-order valence-corrected chi connectivity index (χ4v) is 16.9. The summed E-state index contributed by atoms with van der Waals surface area (Å²) in [6.07, 6.45) is 25.1. The summed E-state index contributed by atoms with van der Waals surface area (Å²) in [7, 11) is 6.07. The van der Waals surface area contributed by atoms with Gasteiger partial charge in [0.15, 0.2) is 0 Å². The Balaban J connectivity index is 0.000000131. The number of amides is 4. The van der Waals surface area contributed by atoms with Gasteiger partial charge in [0.2, 0.25) is 0 Å². The van der Waals surface area contributed by atoms with Crippen LogP contribution in [0.5, 0.6) is 0 Å². The Morgan fingerprint density at radius 2 is 0.644 bits per heavy atom. The number of halogens is 4. The third-order valence-corrected chi connectivity index (χ3v) is 24.6. The molecule has 4 aromatic carbocycles. The quantitative estimate of drug-likeness (QED) is 0.0290. The van der Waals surface area contributed by atoms with Gasteiger partial charge < -0.3 is 45.6 Å². The number of likely N-dealkylation sites (N-methyl/N-ethyl adjacent to an activating group) is 2. The lowest BCUT2D eigenvalue weighted by molar-refractivity contribution is 0.0383. The zero-order valence-corrected chi connectivity index (χ0v) is 76.8. The molecule has 0 spiro atoms. The lowest BCUT2D eigenvalue weighted by atomic mass is 9.98. The maximum absolute atomic E-state index is 13.8. The van der Waals surface area contributed by atoms with Gasteiger partial charge in [0, 0.05) is 173 Å². The summed E-state index contributed by atoms with van der Waals surface area (Å²) in [5, 5.41) is 29.4. The molecule has 4 amide bonds. The molecule has 135 heavy (non-hydrogen) atoms. The van der Waals surface area contributed by atoms with Gasteiger partial charge in [-0.3, -0.25) is 44.0 Å². The lowest BCUT2D eigenvalue weighted by Gasteiger charge is -2.32. The predicted octanol–water partition coefficient (Wildman–Crippen LogP) is 16.0. The van der Waals surface area contributed by atoms with Gasteiger partial charge in [0.05, 0.1) is 105 Å². The summed E-state index contributed by atoms with van der Waals surface area (Å²) in [5.41, 5.74) is 21.0. The Hall–Kier alpha value is -14.4. The summed E-state index contributed by atoms with van der Waals surface area (Å²) in [6.45, 7) is 22.8. The number of carbonyl (C=O) groups is 4. The Kier molecular flexibility index (Phi) is 30.6. The minimum absolute atomic E-state index is 0.117. The molecular formula is C105H109F4N21O5. The summed E-state index contributed by atoms with van der Waals surface area (Å²) in [6, 6.07) is 51.0. The van der Waals surface area contributed by atoms with E-state index >= 15 is 0 Å². The zero-order valence-electron chi connectivity index (χ0n) is 76.8. The highest BCUT2D eigenvalue weighted by Crippen LogP contribution is 2.38. The SMILES string of the molecule is Cc1cc(-c2ncccc2-c2ccn3ncc(C(=O)NCCCN4CCCC4)c3c2)ccc1F.Cc1cc(-c2ncccc2-c2ccn3ncc(C(=O)NCCCN4CCN(C)CC4)c3c2)ccc1F.Cc1cc(-c2ncccc2-c2ccn3ncc(C(=O)NCCN(C)C)c3c2)ccc1F.Cc1cc(-c2ncccc2-c2ccn3ncc(C(=O)NCCN4CCOCC4)c3c2)ccc1F. The van der Waals surface area contributed by atoms with Crippen molar-refractivity contribution >= 4 is 45.7 Å². The van der Waals surface area contributed by atoms with Crippen molar-refractivity contribution in [2.45, 2.75) is 53.4 Å². The average Bonchev–Trinajstić information content (AvgIpc) is 1.73. The first kappa shape index (κ1) is 93.8. The summed E-state index contributed by atoms with van der Waals surface area (Å²) >= 11 is 0. The van der Waals surface area contributed by atoms with Crippen molar-refractivity contribution in [1.82, 2.24) is 104 Å². The number of aryl methyl sites for hydroxylation is 4. The molecule has 15 heterocycles. The van der Waals surface area contributed by atoms with Crippen LogP contribution in [0.2, 0.25) is 0 Å². The standard InChI is InChI=1S/C28H31FN6O.C27H28FN5O.C26H26FN5O2.C24H24FN5O/c1-20-17-22(6-7-25(20)29)27-23(5-3-9-30-27)21-8-12-35-26(18-21)24(19-32-35)28(36)31-10-4-11-34-15-13-33(2)14-16-34;1-19-16-21(7-8-24(19)28)26-22(6-4-10-29-26)20-9-15-33-25(17-20)23(18-31-33)27(34)30-11-5-14-32-12-2-3-13-32;1-18-15-20(4-5-23(18)27)25-21(3-2-7-28-25)19-6-9-32-24(16-19)22(17-30-32)26(33)29-8-10-31-11-13-34-14-12-31;1-16-13-18(6-7-21(16)25)23-19(5-4-9-26-23)17-8-11-30-22(14-17)20(15-28-30)24(31)27-10-12-29(2)3/h3,5-9,12,17-19H,4,10-11,13-16H2,1-2H3,(H,31,36);4,6-10,15-18H,2-3,5,11-14H2,1H3,(H,30,34);2-7,9,15-17H,8,10-14H2,1H3,(H,29,33);4-9,11,13-15H,10,12H2,1-3H3,(H,27,31). The summed E-state index contributed by atoms with van der Waals surface area (Å²) < 4.78 is 67.4. The molecule has 19 rings (SSSR count). The number of carbonyl (C=O) groups excluding carboxylic acids is 4. The van der Waals surface area contributed by atoms with Gasteiger partial charge in [-0.05, 0) is 291 Å². The van der Waals surface area contributed by atoms with Crippen molar-refractivity contribution in [1.29, 1.82) is 0 Å². The van der Waals surface area contributed by atoms with Crippen LogP contribution < -0.4 is 21.3 Å². The van der Waals surface area contributed by atoms with Gasteiger partial charge in [-0.25, -0.2) is 35.6 Å². The predicted molar refractivity (Wildman–Crippen MR) is 518 cm³/mol. The van der Waals surface area contributed by atoms with Gasteiger partial charge in [0.25, 0.3) is 23.6 Å². The normalized spacial score (nSPS) is 13.7. The zero-order chi connectivity index (χ0) is 94.0. The Morgan fingerprint density at radius 3 is 0.956 bits per heavy atom. The van der Waals surface area contributed by atoms with E-state index in [4.69, 9.17) is 4.74 Å².